The lowest BCUT2D eigenvalue weighted by atomic mass is 10.0. The first-order valence-electron chi connectivity index (χ1n) is 7.75. The number of hydrogen-bond donors (Lipinski definition) is 2. The Labute approximate surface area is 150 Å². The second-order valence-electron chi connectivity index (χ2n) is 5.78. The molecule has 4 amide bonds. The van der Waals surface area contributed by atoms with E-state index in [-0.39, 0.29) is 30.7 Å². The van der Waals surface area contributed by atoms with Crippen LogP contribution in [0.25, 0.3) is 0 Å². The molecule has 0 radical (unpaired) electrons. The van der Waals surface area contributed by atoms with Crippen LogP contribution < -0.4 is 4.90 Å². The molecule has 3 rings (SSSR count). The van der Waals surface area contributed by atoms with Crippen molar-refractivity contribution in [1.82, 2.24) is 5.06 Å². The molecule has 0 aromatic heterocycles. The topological polar surface area (TPSA) is 159 Å². The first-order chi connectivity index (χ1) is 12.7. The molecule has 2 heterocycles. The smallest absolute Gasteiger partial charge is 0.366 e. The number of hydroxylamine groups is 2. The van der Waals surface area contributed by atoms with E-state index in [1.807, 2.05) is 0 Å². The highest BCUT2D eigenvalue weighted by Gasteiger charge is 2.39. The predicted molar refractivity (Wildman–Crippen MR) is 83.3 cm³/mol. The molecule has 27 heavy (non-hydrogen) atoms. The van der Waals surface area contributed by atoms with Crippen molar-refractivity contribution in [2.45, 2.75) is 25.7 Å². The number of nitrogens with zero attached hydrogens (tertiary/aromatic N) is 2. The Morgan fingerprint density at radius 1 is 0.852 bits per heavy atom. The Hall–Kier alpha value is -3.76. The van der Waals surface area contributed by atoms with Gasteiger partial charge in [-0.1, -0.05) is 0 Å². The summed E-state index contributed by atoms with van der Waals surface area (Å²) < 4.78 is 0. The predicted octanol–water partition coefficient (Wildman–Crippen LogP) is -0.0354. The van der Waals surface area contributed by atoms with Gasteiger partial charge in [0.15, 0.2) is 0 Å². The van der Waals surface area contributed by atoms with E-state index in [9.17, 15) is 39.0 Å². The molecule has 2 fully saturated rings. The van der Waals surface area contributed by atoms with Crippen LogP contribution in [0.3, 0.4) is 0 Å². The zero-order valence-corrected chi connectivity index (χ0v) is 13.6. The van der Waals surface area contributed by atoms with Crippen molar-refractivity contribution in [1.29, 1.82) is 0 Å². The summed E-state index contributed by atoms with van der Waals surface area (Å²) in [5, 5.41) is 19.3. The van der Waals surface area contributed by atoms with Gasteiger partial charge >= 0.3 is 11.9 Å². The molecule has 11 nitrogen and oxygen atoms in total. The molecule has 0 spiro atoms. The van der Waals surface area contributed by atoms with Crippen LogP contribution in [0.1, 0.15) is 46.4 Å². The fourth-order valence-electron chi connectivity index (χ4n) is 2.79. The summed E-state index contributed by atoms with van der Waals surface area (Å²) in [6.45, 7) is 0. The molecule has 0 saturated carbocycles. The van der Waals surface area contributed by atoms with E-state index in [2.05, 4.69) is 0 Å². The van der Waals surface area contributed by atoms with Gasteiger partial charge in [0, 0.05) is 25.7 Å². The average molecular weight is 376 g/mol. The van der Waals surface area contributed by atoms with Crippen LogP contribution in [0.2, 0.25) is 0 Å². The maximum Gasteiger partial charge on any atom is 0.366 e. The molecule has 2 N–H and O–H groups in total. The van der Waals surface area contributed by atoms with Crippen LogP contribution >= 0.6 is 0 Å². The number of anilines is 1. The fourth-order valence-corrected chi connectivity index (χ4v) is 2.79. The van der Waals surface area contributed by atoms with Crippen molar-refractivity contribution >= 4 is 41.3 Å². The number of carbonyl (C=O) groups is 6. The van der Waals surface area contributed by atoms with Gasteiger partial charge in [0.05, 0.1) is 16.8 Å². The third-order valence-electron chi connectivity index (χ3n) is 4.00. The van der Waals surface area contributed by atoms with Gasteiger partial charge < -0.3 is 15.1 Å². The Kier molecular flexibility index (Phi) is 4.35. The number of phenolic OH excluding ortho intramolecular Hbond substituents is 1. The van der Waals surface area contributed by atoms with Crippen LogP contribution in [0, 0.1) is 0 Å². The minimum absolute atomic E-state index is 0.164. The van der Waals surface area contributed by atoms with Crippen molar-refractivity contribution in [3.8, 4) is 5.75 Å². The van der Waals surface area contributed by atoms with Gasteiger partial charge in [-0.2, -0.15) is 0 Å². The molecule has 0 unspecified atom stereocenters. The lowest BCUT2D eigenvalue weighted by Crippen LogP contribution is -2.35. The highest BCUT2D eigenvalue weighted by Crippen LogP contribution is 2.34. The molecule has 0 bridgehead atoms. The molecule has 2 aliphatic heterocycles. The minimum Gasteiger partial charge on any atom is -0.508 e. The van der Waals surface area contributed by atoms with E-state index in [1.54, 1.807) is 0 Å². The largest absolute Gasteiger partial charge is 0.508 e. The number of hydrogen-bond acceptors (Lipinski definition) is 8. The van der Waals surface area contributed by atoms with Crippen molar-refractivity contribution in [2.24, 2.45) is 0 Å². The Bertz CT molecular complexity index is 889. The summed E-state index contributed by atoms with van der Waals surface area (Å²) in [4.78, 5) is 76.6. The molecule has 0 aliphatic carbocycles. The molecular weight excluding hydrogens is 364 g/mol. The molecule has 2 aliphatic rings. The molecule has 140 valence electrons. The highest BCUT2D eigenvalue weighted by atomic mass is 16.7. The van der Waals surface area contributed by atoms with Crippen LogP contribution in [0.5, 0.6) is 5.75 Å². The first-order valence-corrected chi connectivity index (χ1v) is 7.75. The summed E-state index contributed by atoms with van der Waals surface area (Å²) in [6.07, 6.45) is -0.697. The normalized spacial score (nSPS) is 17.0. The lowest BCUT2D eigenvalue weighted by molar-refractivity contribution is -0.172. The number of carbonyl (C=O) groups excluding carboxylic acids is 5. The Balaban J connectivity index is 2.11. The molecule has 2 saturated heterocycles. The van der Waals surface area contributed by atoms with E-state index < -0.39 is 58.1 Å². The molecule has 0 atom stereocenters. The Morgan fingerprint density at radius 2 is 1.33 bits per heavy atom. The van der Waals surface area contributed by atoms with E-state index >= 15 is 0 Å². The number of imide groups is 2. The Morgan fingerprint density at radius 3 is 1.85 bits per heavy atom. The van der Waals surface area contributed by atoms with Crippen LogP contribution in [-0.4, -0.2) is 50.8 Å². The number of aromatic hydroxyl groups is 1. The van der Waals surface area contributed by atoms with Crippen molar-refractivity contribution in [3.05, 3.63) is 23.3 Å². The summed E-state index contributed by atoms with van der Waals surface area (Å²) in [5.41, 5.74) is -1.93. The zero-order chi connectivity index (χ0) is 19.9. The van der Waals surface area contributed by atoms with E-state index in [1.165, 1.54) is 0 Å². The number of amides is 4. The van der Waals surface area contributed by atoms with Gasteiger partial charge in [-0.25, -0.2) is 14.5 Å². The van der Waals surface area contributed by atoms with Crippen molar-refractivity contribution in [3.63, 3.8) is 0 Å². The molecule has 11 heteroatoms. The maximum absolute atomic E-state index is 12.5. The second-order valence-corrected chi connectivity index (χ2v) is 5.78. The quantitative estimate of drug-likeness (QED) is 0.688. The van der Waals surface area contributed by atoms with Crippen molar-refractivity contribution in [2.75, 3.05) is 4.90 Å². The third kappa shape index (κ3) is 3.10. The van der Waals surface area contributed by atoms with Gasteiger partial charge in [0.25, 0.3) is 11.8 Å². The highest BCUT2D eigenvalue weighted by molar-refractivity contribution is 6.24. The number of rotatable bonds is 4. The molecule has 1 aromatic rings. The van der Waals surface area contributed by atoms with Crippen LogP contribution in [0.4, 0.5) is 5.69 Å². The monoisotopic (exact) mass is 376 g/mol. The van der Waals surface area contributed by atoms with Crippen molar-refractivity contribution < 1.29 is 43.8 Å². The van der Waals surface area contributed by atoms with Gasteiger partial charge in [0.1, 0.15) is 5.75 Å². The number of benzene rings is 1. The number of carboxylic acids is 1. The van der Waals surface area contributed by atoms with Gasteiger partial charge in [-0.3, -0.25) is 19.2 Å². The lowest BCUT2D eigenvalue weighted by Gasteiger charge is -2.21. The van der Waals surface area contributed by atoms with Gasteiger partial charge in [-0.15, -0.1) is 5.06 Å². The molecule has 1 aromatic carbocycles. The standard InChI is InChI=1S/C16H12N2O9/c19-7-5-8(15(24)25)14(17-10(20)1-2-11(17)21)9(6-7)16(26)27-18-12(22)3-4-13(18)23/h5-6,19H,1-4H2,(H,24,25). The average Bonchev–Trinajstić information content (AvgIpc) is 3.10. The molecular formula is C16H12N2O9. The summed E-state index contributed by atoms with van der Waals surface area (Å²) in [6, 6.07) is 1.55. The minimum atomic E-state index is -1.62. The summed E-state index contributed by atoms with van der Waals surface area (Å²) in [7, 11) is 0. The van der Waals surface area contributed by atoms with E-state index in [4.69, 9.17) is 4.84 Å². The maximum atomic E-state index is 12.5. The fraction of sp³-hybridized carbons (Fsp3) is 0.250. The van der Waals surface area contributed by atoms with Gasteiger partial charge in [0.2, 0.25) is 11.8 Å². The number of aromatic carboxylic acids is 1. The first kappa shape index (κ1) is 18.0. The third-order valence-corrected chi connectivity index (χ3v) is 4.00. The van der Waals surface area contributed by atoms with E-state index in [0.29, 0.717) is 4.90 Å². The summed E-state index contributed by atoms with van der Waals surface area (Å²) in [5.74, 6) is -6.67. The summed E-state index contributed by atoms with van der Waals surface area (Å²) >= 11 is 0. The van der Waals surface area contributed by atoms with Crippen LogP contribution in [0.15, 0.2) is 12.1 Å². The number of carboxylic acid groups (broad SMARTS) is 1. The SMILES string of the molecule is O=C(O)c1cc(O)cc(C(=O)ON2C(=O)CCC2=O)c1N1C(=O)CCC1=O. The van der Waals surface area contributed by atoms with E-state index in [0.717, 1.165) is 12.1 Å². The van der Waals surface area contributed by atoms with Gasteiger partial charge in [-0.05, 0) is 12.1 Å². The van der Waals surface area contributed by atoms with Crippen LogP contribution in [-0.2, 0) is 24.0 Å². The number of phenols is 1. The second kappa shape index (κ2) is 6.52. The zero-order valence-electron chi connectivity index (χ0n) is 13.6.